The third-order valence-corrected chi connectivity index (χ3v) is 7.46. The van der Waals surface area contributed by atoms with Gasteiger partial charge in [-0.3, -0.25) is 4.98 Å². The second kappa shape index (κ2) is 9.05. The van der Waals surface area contributed by atoms with Gasteiger partial charge < -0.3 is 4.57 Å². The van der Waals surface area contributed by atoms with Crippen molar-refractivity contribution in [2.24, 2.45) is 0 Å². The van der Waals surface area contributed by atoms with Gasteiger partial charge in [0.1, 0.15) is 11.9 Å². The number of aromatic nitrogens is 4. The molecule has 1 atom stereocenters. The largest absolute Gasteiger partial charge is 0.313 e. The van der Waals surface area contributed by atoms with Crippen molar-refractivity contribution in [3.8, 4) is 11.8 Å². The average molecular weight is 545 g/mol. The summed E-state index contributed by atoms with van der Waals surface area (Å²) in [6.07, 6.45) is 13.0. The fourth-order valence-electron chi connectivity index (χ4n) is 3.92. The van der Waals surface area contributed by atoms with Gasteiger partial charge in [-0.15, -0.1) is 0 Å². The predicted molar refractivity (Wildman–Crippen MR) is 135 cm³/mol. The fourth-order valence-corrected chi connectivity index (χ4v) is 5.45. The second-order valence-electron chi connectivity index (χ2n) is 7.21. The standard InChI is InChI=1S/C21H16FIN5P.C2H6/c1-12-18(22)6-19-17(10-26-28(19)29-23)20(12)27-11-15(7-24)16-9-25-8-14(21(16)27)5-13-3-2-4-13;1-2/h5-6,8-11,29H,2-4H2,1H3;1-2H3. The molecule has 3 aromatic heterocycles. The normalized spacial score (nSPS) is 13.4. The minimum absolute atomic E-state index is 0.280. The van der Waals surface area contributed by atoms with Crippen LogP contribution in [-0.2, 0) is 0 Å². The van der Waals surface area contributed by atoms with E-state index in [4.69, 9.17) is 0 Å². The highest BCUT2D eigenvalue weighted by atomic mass is 127. The molecule has 1 aliphatic carbocycles. The number of nitrogens with zero attached hydrogens (tertiary/aromatic N) is 5. The molecule has 5 rings (SSSR count). The summed E-state index contributed by atoms with van der Waals surface area (Å²) in [4.78, 5) is 4.36. The van der Waals surface area contributed by atoms with Gasteiger partial charge >= 0.3 is 0 Å². The van der Waals surface area contributed by atoms with Crippen LogP contribution in [0.25, 0.3) is 33.6 Å². The Morgan fingerprint density at radius 2 is 2.00 bits per heavy atom. The second-order valence-corrected chi connectivity index (χ2v) is 9.25. The van der Waals surface area contributed by atoms with Gasteiger partial charge in [0.05, 0.1) is 34.9 Å². The number of halogens is 2. The Morgan fingerprint density at radius 3 is 2.65 bits per heavy atom. The Balaban J connectivity index is 0.00000112. The molecule has 158 valence electrons. The van der Waals surface area contributed by atoms with Crippen molar-refractivity contribution in [2.75, 3.05) is 0 Å². The molecule has 3 heterocycles. The van der Waals surface area contributed by atoms with Crippen molar-refractivity contribution in [3.05, 3.63) is 58.9 Å². The van der Waals surface area contributed by atoms with E-state index in [9.17, 15) is 9.65 Å². The highest BCUT2D eigenvalue weighted by molar-refractivity contribution is 14.2. The first kappa shape index (κ1) is 21.9. The summed E-state index contributed by atoms with van der Waals surface area (Å²) >= 11 is 2.24. The Bertz CT molecular complexity index is 1360. The third-order valence-electron chi connectivity index (χ3n) is 5.57. The molecular formula is C23H22FIN5P. The molecular weight excluding hydrogens is 523 g/mol. The van der Waals surface area contributed by atoms with Crippen molar-refractivity contribution in [1.82, 2.24) is 19.1 Å². The molecule has 0 spiro atoms. The molecule has 0 bridgehead atoms. The molecule has 0 amide bonds. The maximum Gasteiger partial charge on any atom is 0.130 e. The van der Waals surface area contributed by atoms with Gasteiger partial charge in [-0.05, 0) is 48.2 Å². The lowest BCUT2D eigenvalue weighted by molar-refractivity contribution is 0.619. The number of benzene rings is 1. The number of hydrogen-bond acceptors (Lipinski definition) is 3. The molecule has 0 saturated heterocycles. The van der Waals surface area contributed by atoms with E-state index in [0.717, 1.165) is 45.9 Å². The summed E-state index contributed by atoms with van der Waals surface area (Å²) in [6.45, 7) is 5.77. The van der Waals surface area contributed by atoms with Gasteiger partial charge in [0, 0.05) is 46.6 Å². The van der Waals surface area contributed by atoms with Crippen LogP contribution >= 0.6 is 28.4 Å². The SMILES string of the molecule is CC.Cc1c(F)cc2c(cnn2PI)c1-n1cc(C#N)c2cncc(C=C3CCC3)c21. The molecule has 1 fully saturated rings. The van der Waals surface area contributed by atoms with Crippen LogP contribution in [0.2, 0.25) is 0 Å². The van der Waals surface area contributed by atoms with Crippen LogP contribution < -0.4 is 0 Å². The van der Waals surface area contributed by atoms with Gasteiger partial charge in [-0.1, -0.05) is 25.5 Å². The summed E-state index contributed by atoms with van der Waals surface area (Å²) < 4.78 is 18.7. The van der Waals surface area contributed by atoms with E-state index in [-0.39, 0.29) is 5.82 Å². The summed E-state index contributed by atoms with van der Waals surface area (Å²) in [7, 11) is 0. The minimum Gasteiger partial charge on any atom is -0.313 e. The van der Waals surface area contributed by atoms with E-state index in [1.54, 1.807) is 36.0 Å². The zero-order chi connectivity index (χ0) is 22.1. The maximum atomic E-state index is 14.9. The van der Waals surface area contributed by atoms with Crippen LogP contribution in [-0.4, -0.2) is 19.1 Å². The fraction of sp³-hybridized carbons (Fsp3) is 0.261. The highest BCUT2D eigenvalue weighted by Gasteiger charge is 2.21. The molecule has 0 aliphatic heterocycles. The van der Waals surface area contributed by atoms with Crippen LogP contribution in [0.5, 0.6) is 0 Å². The molecule has 1 aliphatic rings. The number of rotatable bonds is 3. The van der Waals surface area contributed by atoms with Crippen molar-refractivity contribution < 1.29 is 4.39 Å². The average Bonchev–Trinajstić information content (AvgIpc) is 3.34. The first-order valence-electron chi connectivity index (χ1n) is 10.2. The number of nitriles is 1. The van der Waals surface area contributed by atoms with E-state index >= 15 is 0 Å². The molecule has 5 nitrogen and oxygen atoms in total. The monoisotopic (exact) mass is 545 g/mol. The van der Waals surface area contributed by atoms with Crippen LogP contribution in [0.1, 0.15) is 49.8 Å². The molecule has 0 radical (unpaired) electrons. The zero-order valence-corrected chi connectivity index (χ0v) is 20.7. The lowest BCUT2D eigenvalue weighted by Crippen LogP contribution is -2.02. The number of pyridine rings is 1. The highest BCUT2D eigenvalue weighted by Crippen LogP contribution is 2.37. The Hall–Kier alpha value is -2.30. The van der Waals surface area contributed by atoms with Crippen molar-refractivity contribution in [3.63, 3.8) is 0 Å². The van der Waals surface area contributed by atoms with Gasteiger partial charge in [0.2, 0.25) is 0 Å². The summed E-state index contributed by atoms with van der Waals surface area (Å²) in [5, 5.41) is 15.8. The first-order chi connectivity index (χ1) is 15.1. The molecule has 0 N–H and O–H groups in total. The lowest BCUT2D eigenvalue weighted by atomic mass is 9.91. The van der Waals surface area contributed by atoms with E-state index in [0.29, 0.717) is 17.5 Å². The van der Waals surface area contributed by atoms with E-state index in [1.807, 2.05) is 24.6 Å². The van der Waals surface area contributed by atoms with E-state index in [1.165, 1.54) is 12.0 Å². The van der Waals surface area contributed by atoms with Gasteiger partial charge in [0.25, 0.3) is 0 Å². The molecule has 1 aromatic carbocycles. The van der Waals surface area contributed by atoms with Crippen LogP contribution in [0.4, 0.5) is 4.39 Å². The summed E-state index contributed by atoms with van der Waals surface area (Å²) in [6, 6.07) is 3.82. The predicted octanol–water partition coefficient (Wildman–Crippen LogP) is 7.08. The van der Waals surface area contributed by atoms with Gasteiger partial charge in [-0.25, -0.2) is 8.84 Å². The Morgan fingerprint density at radius 1 is 1.23 bits per heavy atom. The first-order valence-corrected chi connectivity index (χ1v) is 14.3. The van der Waals surface area contributed by atoms with Gasteiger partial charge in [-0.2, -0.15) is 10.4 Å². The van der Waals surface area contributed by atoms with Crippen molar-refractivity contribution in [2.45, 2.75) is 40.0 Å². The van der Waals surface area contributed by atoms with Crippen molar-refractivity contribution >= 4 is 56.3 Å². The van der Waals surface area contributed by atoms with Crippen LogP contribution in [0.3, 0.4) is 0 Å². The quantitative estimate of drug-likeness (QED) is 0.204. The Kier molecular flexibility index (Phi) is 6.40. The zero-order valence-electron chi connectivity index (χ0n) is 17.6. The third kappa shape index (κ3) is 3.66. The minimum atomic E-state index is -0.280. The van der Waals surface area contributed by atoms with Crippen molar-refractivity contribution in [1.29, 1.82) is 5.26 Å². The van der Waals surface area contributed by atoms with E-state index < -0.39 is 0 Å². The Labute approximate surface area is 195 Å². The molecule has 8 heteroatoms. The lowest BCUT2D eigenvalue weighted by Gasteiger charge is -2.17. The molecule has 4 aromatic rings. The van der Waals surface area contributed by atoms with Crippen LogP contribution in [0.15, 0.2) is 36.4 Å². The summed E-state index contributed by atoms with van der Waals surface area (Å²) in [5.74, 6) is -0.280. The number of fused-ring (bicyclic) bond motifs is 2. The maximum absolute atomic E-state index is 14.9. The van der Waals surface area contributed by atoms with E-state index in [2.05, 4.69) is 44.3 Å². The smallest absolute Gasteiger partial charge is 0.130 e. The molecule has 31 heavy (non-hydrogen) atoms. The number of hydrogen-bond donors (Lipinski definition) is 0. The van der Waals surface area contributed by atoms with Crippen LogP contribution in [0, 0.1) is 24.1 Å². The molecule has 1 unspecified atom stereocenters. The topological polar surface area (TPSA) is 59.4 Å². The number of allylic oxidation sites excluding steroid dienone is 1. The molecule has 1 saturated carbocycles. The van der Waals surface area contributed by atoms with Gasteiger partial charge in [0.15, 0.2) is 0 Å². The summed E-state index contributed by atoms with van der Waals surface area (Å²) in [5.41, 5.74) is 5.77.